The largest absolute Gasteiger partial charge is 0.545 e. The van der Waals surface area contributed by atoms with Gasteiger partial charge in [-0.1, -0.05) is 241 Å². The summed E-state index contributed by atoms with van der Waals surface area (Å²) in [6.07, 6.45) is 92.3. The minimum absolute atomic E-state index is 0.128. The van der Waals surface area contributed by atoms with E-state index in [2.05, 4.69) is 196 Å². The Bertz CT molecular complexity index is 2010. The van der Waals surface area contributed by atoms with Gasteiger partial charge in [-0.15, -0.1) is 0 Å². The van der Waals surface area contributed by atoms with Gasteiger partial charge < -0.3 is 33.3 Å². The van der Waals surface area contributed by atoms with Crippen LogP contribution >= 0.6 is 0 Å². The quantitative estimate of drug-likeness (QED) is 0.0195. The topological polar surface area (TPSA) is 111 Å². The molecule has 0 saturated heterocycles. The number of carbonyl (C=O) groups excluding carboxylic acids is 3. The number of hydrogen-bond donors (Lipinski definition) is 0. The molecule has 9 nitrogen and oxygen atoms in total. The summed E-state index contributed by atoms with van der Waals surface area (Å²) in [7, 11) is 5.89. The fourth-order valence-corrected chi connectivity index (χ4v) is 7.82. The Morgan fingerprint density at radius 2 is 0.651 bits per heavy atom. The average molecular weight is 1150 g/mol. The fraction of sp³-hybridized carbons (Fsp3) is 0.554. The Balaban J connectivity index is 4.36. The van der Waals surface area contributed by atoms with Crippen LogP contribution in [0.3, 0.4) is 0 Å². The summed E-state index contributed by atoms with van der Waals surface area (Å²) >= 11 is 0. The zero-order valence-electron chi connectivity index (χ0n) is 52.7. The summed E-state index contributed by atoms with van der Waals surface area (Å²) in [6, 6.07) is 0. The van der Waals surface area contributed by atoms with Crippen molar-refractivity contribution >= 4 is 17.9 Å². The van der Waals surface area contributed by atoms with Crippen LogP contribution in [0.25, 0.3) is 0 Å². The molecule has 0 N–H and O–H groups in total. The van der Waals surface area contributed by atoms with Crippen LogP contribution in [-0.4, -0.2) is 82.3 Å². The zero-order valence-corrected chi connectivity index (χ0v) is 52.7. The molecule has 9 heteroatoms. The second-order valence-corrected chi connectivity index (χ2v) is 21.6. The van der Waals surface area contributed by atoms with Crippen molar-refractivity contribution in [1.29, 1.82) is 0 Å². The summed E-state index contributed by atoms with van der Waals surface area (Å²) in [5.74, 6) is -2.37. The Morgan fingerprint density at radius 3 is 0.976 bits per heavy atom. The summed E-state index contributed by atoms with van der Waals surface area (Å²) < 4.78 is 22.7. The molecule has 0 heterocycles. The molecule has 0 rings (SSSR count). The van der Waals surface area contributed by atoms with Crippen molar-refractivity contribution in [2.75, 3.05) is 47.5 Å². The van der Waals surface area contributed by atoms with E-state index in [9.17, 15) is 19.5 Å². The first-order valence-corrected chi connectivity index (χ1v) is 31.9. The number of aliphatic carboxylic acids is 1. The molecule has 0 aromatic heterocycles. The number of likely N-dealkylation sites (N-methyl/N-ethyl adjacent to an activating group) is 1. The van der Waals surface area contributed by atoms with E-state index in [0.29, 0.717) is 23.9 Å². The molecule has 0 aromatic carbocycles. The number of carbonyl (C=O) groups is 3. The molecule has 0 fully saturated rings. The molecule has 0 aromatic rings. The number of allylic oxidation sites excluding steroid dienone is 30. The lowest BCUT2D eigenvalue weighted by molar-refractivity contribution is -0.870. The van der Waals surface area contributed by atoms with Gasteiger partial charge in [0.15, 0.2) is 12.4 Å². The highest BCUT2D eigenvalue weighted by molar-refractivity contribution is 5.70. The van der Waals surface area contributed by atoms with Gasteiger partial charge >= 0.3 is 11.9 Å². The second kappa shape index (κ2) is 62.4. The maximum absolute atomic E-state index is 12.9. The number of ether oxygens (including phenoxy) is 4. The van der Waals surface area contributed by atoms with E-state index in [0.717, 1.165) is 141 Å². The van der Waals surface area contributed by atoms with Crippen molar-refractivity contribution < 1.29 is 42.9 Å². The van der Waals surface area contributed by atoms with Crippen molar-refractivity contribution in [2.45, 2.75) is 219 Å². The van der Waals surface area contributed by atoms with Crippen molar-refractivity contribution in [3.63, 3.8) is 0 Å². The van der Waals surface area contributed by atoms with Crippen LogP contribution in [0.15, 0.2) is 182 Å². The summed E-state index contributed by atoms with van der Waals surface area (Å²) in [5.41, 5.74) is 0. The van der Waals surface area contributed by atoms with Crippen LogP contribution in [0, 0.1) is 0 Å². The maximum Gasteiger partial charge on any atom is 0.306 e. The maximum atomic E-state index is 12.9. The standard InChI is InChI=1S/C74H115NO8/c1-6-8-10-12-14-16-18-20-22-24-26-28-30-32-34-35-36-37-39-41-43-45-47-49-51-53-55-57-59-61-63-65-72(77)83-70(69-82-74(73(78)79)80-67-66-75(3,4)5)68-81-71(76)64-62-60-58-56-54-52-50-48-46-44-42-40-38-33-31-29-27-25-23-21-19-17-15-13-11-9-7-2/h8-11,14-17,20-23,26-29,32-34,36-38,41-44,47,49,53,55,70,74H,6-7,12-13,18-19,24-25,30-31,35,39-40,45-46,48,50-52,54,56-69H2,1-5H3/b10-8-,11-9-,16-14-,17-15-,22-20-,23-21-,28-26-,29-27-,34-32-,37-36-,38-33-,43-41-,44-42-,49-47-,55-53-. The monoisotopic (exact) mass is 1150 g/mol. The highest BCUT2D eigenvalue weighted by Gasteiger charge is 2.22. The lowest BCUT2D eigenvalue weighted by Crippen LogP contribution is -2.44. The van der Waals surface area contributed by atoms with Crippen molar-refractivity contribution in [3.05, 3.63) is 182 Å². The third-order valence-corrected chi connectivity index (χ3v) is 12.6. The van der Waals surface area contributed by atoms with E-state index < -0.39 is 24.3 Å². The molecular formula is C74H115NO8. The van der Waals surface area contributed by atoms with Crippen molar-refractivity contribution in [2.24, 2.45) is 0 Å². The molecule has 83 heavy (non-hydrogen) atoms. The van der Waals surface area contributed by atoms with Gasteiger partial charge in [0, 0.05) is 12.8 Å². The normalized spacial score (nSPS) is 14.0. The van der Waals surface area contributed by atoms with Gasteiger partial charge in [0.05, 0.1) is 40.3 Å². The highest BCUT2D eigenvalue weighted by Crippen LogP contribution is 2.13. The molecule has 0 spiro atoms. The first-order chi connectivity index (χ1) is 40.6. The minimum atomic E-state index is -1.65. The molecule has 2 atom stereocenters. The number of hydrogen-bond acceptors (Lipinski definition) is 8. The van der Waals surface area contributed by atoms with Crippen LogP contribution < -0.4 is 5.11 Å². The first-order valence-electron chi connectivity index (χ1n) is 31.9. The molecule has 0 amide bonds. The number of carboxylic acids is 1. The van der Waals surface area contributed by atoms with Crippen molar-refractivity contribution in [1.82, 2.24) is 0 Å². The van der Waals surface area contributed by atoms with E-state index in [1.165, 1.54) is 25.7 Å². The Labute approximate surface area is 507 Å². The van der Waals surface area contributed by atoms with E-state index in [1.807, 2.05) is 21.1 Å². The van der Waals surface area contributed by atoms with Gasteiger partial charge in [0.1, 0.15) is 13.2 Å². The van der Waals surface area contributed by atoms with Crippen molar-refractivity contribution in [3.8, 4) is 0 Å². The Hall–Kier alpha value is -5.61. The smallest absolute Gasteiger partial charge is 0.306 e. The van der Waals surface area contributed by atoms with Crippen LogP contribution in [0.2, 0.25) is 0 Å². The summed E-state index contributed by atoms with van der Waals surface area (Å²) in [5, 5.41) is 11.8. The Kier molecular flexibility index (Phi) is 58.2. The van der Waals surface area contributed by atoms with Crippen LogP contribution in [-0.2, 0) is 33.3 Å². The van der Waals surface area contributed by atoms with Gasteiger partial charge in [0.2, 0.25) is 0 Å². The number of carboxylic acid groups (broad SMARTS) is 1. The molecule has 0 bridgehead atoms. The molecule has 0 aliphatic carbocycles. The molecule has 0 saturated carbocycles. The predicted octanol–water partition coefficient (Wildman–Crippen LogP) is 18.3. The van der Waals surface area contributed by atoms with Crippen LogP contribution in [0.1, 0.15) is 206 Å². The average Bonchev–Trinajstić information content (AvgIpc) is 3.46. The van der Waals surface area contributed by atoms with E-state index in [-0.39, 0.29) is 38.6 Å². The lowest BCUT2D eigenvalue weighted by atomic mass is 10.1. The molecule has 0 aliphatic rings. The highest BCUT2D eigenvalue weighted by atomic mass is 16.7. The molecule has 2 unspecified atom stereocenters. The third-order valence-electron chi connectivity index (χ3n) is 12.6. The van der Waals surface area contributed by atoms with Crippen LogP contribution in [0.5, 0.6) is 0 Å². The lowest BCUT2D eigenvalue weighted by Gasteiger charge is -2.26. The van der Waals surface area contributed by atoms with Gasteiger partial charge in [-0.3, -0.25) is 9.59 Å². The summed E-state index contributed by atoms with van der Waals surface area (Å²) in [4.78, 5) is 37.4. The van der Waals surface area contributed by atoms with Gasteiger partial charge in [0.25, 0.3) is 0 Å². The first kappa shape index (κ1) is 77.4. The number of esters is 2. The second-order valence-electron chi connectivity index (χ2n) is 21.6. The number of rotatable bonds is 56. The van der Waals surface area contributed by atoms with E-state index >= 15 is 0 Å². The SMILES string of the molecule is CC/C=C\C/C=C\C/C=C\C/C=C\C/C=C\C/C=C\C/C=C\C/C=C\C/C=C\CCCCCC(=O)OC(COC(=O)CCCCCCCCCC/C=C\C/C=C\C/C=C\C/C=C\C/C=C\C/C=C\CC)COC(OCC[N+](C)(C)C)C(=O)[O-]. The van der Waals surface area contributed by atoms with E-state index in [1.54, 1.807) is 0 Å². The Morgan fingerprint density at radius 1 is 0.361 bits per heavy atom. The molecule has 0 radical (unpaired) electrons. The predicted molar refractivity (Wildman–Crippen MR) is 351 cm³/mol. The number of quaternary nitrogens is 1. The number of nitrogens with zero attached hydrogens (tertiary/aromatic N) is 1. The van der Waals surface area contributed by atoms with Gasteiger partial charge in [-0.25, -0.2) is 0 Å². The number of unbranched alkanes of at least 4 members (excludes halogenated alkanes) is 11. The molecule has 0 aliphatic heterocycles. The third kappa shape index (κ3) is 63.8. The minimum Gasteiger partial charge on any atom is -0.545 e. The van der Waals surface area contributed by atoms with Crippen LogP contribution in [0.4, 0.5) is 0 Å². The van der Waals surface area contributed by atoms with Gasteiger partial charge in [-0.05, 0) is 135 Å². The molecular weight excluding hydrogens is 1030 g/mol. The summed E-state index contributed by atoms with van der Waals surface area (Å²) in [6.45, 7) is 4.44. The van der Waals surface area contributed by atoms with Gasteiger partial charge in [-0.2, -0.15) is 0 Å². The molecule has 464 valence electrons. The fourth-order valence-electron chi connectivity index (χ4n) is 7.82. The van der Waals surface area contributed by atoms with E-state index in [4.69, 9.17) is 18.9 Å². The zero-order chi connectivity index (χ0) is 60.5.